The highest BCUT2D eigenvalue weighted by Crippen LogP contribution is 2.37. The van der Waals surface area contributed by atoms with E-state index >= 15 is 0 Å². The number of carbonyl (C=O) groups excluding carboxylic acids is 1. The number of amides is 1. The second-order valence-electron chi connectivity index (χ2n) is 34.7. The Balaban J connectivity index is 0.000000278. The highest BCUT2D eigenvalue weighted by atomic mass is 32.2. The van der Waals surface area contributed by atoms with Crippen LogP contribution in [0.5, 0.6) is 23.0 Å². The average Bonchev–Trinajstić information content (AvgIpc) is 1.79. The summed E-state index contributed by atoms with van der Waals surface area (Å²) < 4.78 is 91.8. The molecule has 0 atom stereocenters. The number of likely N-dealkylation sites (tertiary alicyclic amines) is 1. The second-order valence-corrected chi connectivity index (χ2v) is 36.7. The number of alkyl halides is 3. The van der Waals surface area contributed by atoms with Gasteiger partial charge >= 0.3 is 6.18 Å². The molecular weight excluding hydrogens is 1430 g/mol. The number of methoxy groups -OCH3 is 2. The molecule has 0 aliphatic carbocycles. The number of sulfone groups is 1. The molecule has 9 aromatic rings. The molecule has 1 aliphatic rings. The van der Waals surface area contributed by atoms with Gasteiger partial charge in [0.05, 0.1) is 69.2 Å². The van der Waals surface area contributed by atoms with E-state index < -0.39 is 33.2 Å². The Morgan fingerprint density at radius 2 is 1.12 bits per heavy atom. The summed E-state index contributed by atoms with van der Waals surface area (Å²) in [4.78, 5) is 29.7. The fraction of sp³-hybridized carbons (Fsp3) is 0.473. The van der Waals surface area contributed by atoms with Crippen LogP contribution in [0.4, 0.5) is 13.2 Å². The quantitative estimate of drug-likeness (QED) is 0.0795. The van der Waals surface area contributed by atoms with Crippen LogP contribution in [0.2, 0.25) is 0 Å². The number of para-hydroxylation sites is 2. The lowest BCUT2D eigenvalue weighted by Crippen LogP contribution is -2.42. The molecule has 19 heteroatoms. The van der Waals surface area contributed by atoms with Crippen LogP contribution in [0.25, 0.3) is 10.9 Å². The molecule has 1 aliphatic heterocycles. The van der Waals surface area contributed by atoms with Gasteiger partial charge in [-0.05, 0) is 191 Å². The largest absolute Gasteiger partial charge is 0.497 e. The average molecular weight is 1560 g/mol. The summed E-state index contributed by atoms with van der Waals surface area (Å²) in [7, 11) is 0.305. The molecule has 1 saturated heterocycles. The van der Waals surface area contributed by atoms with Crippen molar-refractivity contribution >= 4 is 26.6 Å². The van der Waals surface area contributed by atoms with Crippen LogP contribution >= 0.6 is 0 Å². The first-order valence-corrected chi connectivity index (χ1v) is 40.5. The predicted molar refractivity (Wildman–Crippen MR) is 451 cm³/mol. The smallest absolute Gasteiger partial charge is 0.418 e. The van der Waals surface area contributed by atoms with Gasteiger partial charge in [-0.1, -0.05) is 210 Å². The monoisotopic (exact) mass is 1560 g/mol. The van der Waals surface area contributed by atoms with E-state index in [0.29, 0.717) is 67.5 Å². The predicted octanol–water partition coefficient (Wildman–Crippen LogP) is 22.2. The molecule has 610 valence electrons. The number of rotatable bonds is 18. The van der Waals surface area contributed by atoms with Gasteiger partial charge in [-0.2, -0.15) is 23.5 Å². The number of aryl methyl sites for hydroxylation is 2. The zero-order chi connectivity index (χ0) is 83.7. The van der Waals surface area contributed by atoms with Gasteiger partial charge in [0, 0.05) is 55.3 Å². The van der Waals surface area contributed by atoms with Crippen molar-refractivity contribution < 1.29 is 50.1 Å². The number of pyridine rings is 1. The lowest BCUT2D eigenvalue weighted by Gasteiger charge is -2.38. The van der Waals surface area contributed by atoms with Gasteiger partial charge in [-0.15, -0.1) is 0 Å². The number of halogens is 3. The van der Waals surface area contributed by atoms with Crippen LogP contribution in [-0.4, -0.2) is 91.9 Å². The van der Waals surface area contributed by atoms with E-state index in [-0.39, 0.29) is 27.2 Å². The molecular formula is C93H127F3N6O9S. The summed E-state index contributed by atoms with van der Waals surface area (Å²) in [6, 6.07) is 58.8. The van der Waals surface area contributed by atoms with Gasteiger partial charge in [0.15, 0.2) is 9.84 Å². The standard InChI is InChI=1S/C16H21F3N2O.C16H20N2O2.C14H19N.C13H20O2.C13H20O.C11H16O2S.C10H11NO/c1-15(2,3)11-6-9-21(10-7-11)14(22)13-12(16(17,18)19)5-4-8-20-13;1-16(2,3)14-9-10-15(19)18(17-14)11-12-20-13-7-5-4-6-8-13;1-14(2,3)9-11-15-10-8-12-6-4-5-7-13(12)15;1-13(2,3)10-15-9-11-5-7-12(14-4)8-6-11;1-13(2,3)10-9-11-5-7-12(14-4)8-6-11;1-11(2,3)9-5-7-10(8-6-9)14(4,12)13;1-2-12-10-5-3-9(4-6-10)7-8-11/h4-5,8,11H,6-7,9-10H2,1-3H3;4-10H,11-12H2,1-3H3;4-8,10H,9,11H2,1-3H3;5-8H,9-10H2,1-4H3;5-8H,9-10H2,1-4H3;5-8H,1-4H3;3-6H,2,7H2,1H3. The van der Waals surface area contributed by atoms with E-state index in [1.165, 1.54) is 63.0 Å². The highest BCUT2D eigenvalue weighted by Gasteiger charge is 2.38. The lowest BCUT2D eigenvalue weighted by molar-refractivity contribution is -0.138. The maximum absolute atomic E-state index is 13.0. The molecule has 15 nitrogen and oxygen atoms in total. The number of aromatic nitrogens is 4. The highest BCUT2D eigenvalue weighted by molar-refractivity contribution is 7.90. The van der Waals surface area contributed by atoms with Crippen molar-refractivity contribution in [1.82, 2.24) is 24.2 Å². The second kappa shape index (κ2) is 44.3. The minimum Gasteiger partial charge on any atom is -0.497 e. The number of hydrogen-bond acceptors (Lipinski definition) is 12. The van der Waals surface area contributed by atoms with Crippen molar-refractivity contribution in [2.45, 2.75) is 212 Å². The zero-order valence-electron chi connectivity index (χ0n) is 70.9. The van der Waals surface area contributed by atoms with Crippen LogP contribution in [0.1, 0.15) is 201 Å². The van der Waals surface area contributed by atoms with Gasteiger partial charge < -0.3 is 33.2 Å². The topological polar surface area (TPSA) is 177 Å². The van der Waals surface area contributed by atoms with Crippen molar-refractivity contribution in [1.29, 1.82) is 5.26 Å². The van der Waals surface area contributed by atoms with Crippen molar-refractivity contribution in [2.75, 3.05) is 53.4 Å². The summed E-state index contributed by atoms with van der Waals surface area (Å²) in [5, 5.41) is 14.1. The molecule has 10 rings (SSSR count). The van der Waals surface area contributed by atoms with E-state index in [0.717, 1.165) is 78.3 Å². The third kappa shape index (κ3) is 36.5. The van der Waals surface area contributed by atoms with Crippen LogP contribution in [0.15, 0.2) is 204 Å². The van der Waals surface area contributed by atoms with E-state index in [9.17, 15) is 31.2 Å². The molecule has 0 saturated carbocycles. The van der Waals surface area contributed by atoms with Gasteiger partial charge in [0.1, 0.15) is 35.3 Å². The molecule has 1 amide bonds. The summed E-state index contributed by atoms with van der Waals surface area (Å²) >= 11 is 0. The van der Waals surface area contributed by atoms with E-state index in [2.05, 4.69) is 194 Å². The van der Waals surface area contributed by atoms with Gasteiger partial charge in [-0.3, -0.25) is 14.6 Å². The van der Waals surface area contributed by atoms with Crippen LogP contribution < -0.4 is 24.5 Å². The van der Waals surface area contributed by atoms with Crippen molar-refractivity contribution in [3.63, 3.8) is 0 Å². The SMILES string of the molecule is CC(C)(C)C1CCN(C(=O)c2ncccc2C(F)(F)F)CC1.CC(C)(C)CCn1ccc2ccccc21.CC(C)(C)c1ccc(=O)n(CCOc2ccccc2)n1.CC(C)(C)c1ccc(S(C)(=O)=O)cc1.CCOc1ccc(CC#N)cc1.COc1ccc(CCC(C)(C)C)cc1.COc1ccc(COCC(C)(C)C)cc1. The van der Waals surface area contributed by atoms with Crippen LogP contribution in [0.3, 0.4) is 0 Å². The Hall–Kier alpha value is -9.25. The Bertz CT molecular complexity index is 4430. The lowest BCUT2D eigenvalue weighted by atomic mass is 9.75. The molecule has 0 unspecified atom stereocenters. The number of benzene rings is 6. The molecule has 6 aromatic carbocycles. The number of hydrogen-bond donors (Lipinski definition) is 0. The van der Waals surface area contributed by atoms with Gasteiger partial charge in [-0.25, -0.2) is 13.1 Å². The first kappa shape index (κ1) is 95.1. The zero-order valence-corrected chi connectivity index (χ0v) is 71.7. The Morgan fingerprint density at radius 1 is 0.580 bits per heavy atom. The summed E-state index contributed by atoms with van der Waals surface area (Å²) in [6.45, 7) is 46.2. The number of carbonyl (C=O) groups is 1. The number of ether oxygens (including phenoxy) is 5. The molecule has 0 radical (unpaired) electrons. The Labute approximate surface area is 668 Å². The summed E-state index contributed by atoms with van der Waals surface area (Å²) in [6.07, 6.45) is 5.74. The molecule has 1 fully saturated rings. The maximum Gasteiger partial charge on any atom is 0.418 e. The number of nitriles is 1. The minimum absolute atomic E-state index is 0.0655. The third-order valence-corrected chi connectivity index (χ3v) is 19.1. The fourth-order valence-electron chi connectivity index (χ4n) is 11.1. The van der Waals surface area contributed by atoms with E-state index in [1.807, 2.05) is 110 Å². The summed E-state index contributed by atoms with van der Waals surface area (Å²) in [5.41, 5.74) is 6.63. The van der Waals surface area contributed by atoms with Crippen molar-refractivity contribution in [3.8, 4) is 29.1 Å². The van der Waals surface area contributed by atoms with Crippen molar-refractivity contribution in [2.24, 2.45) is 27.6 Å². The molecule has 4 heterocycles. The maximum atomic E-state index is 13.0. The first-order chi connectivity index (χ1) is 52.2. The Kier molecular flexibility index (Phi) is 37.6. The van der Waals surface area contributed by atoms with Gasteiger partial charge in [0.25, 0.3) is 11.5 Å². The van der Waals surface area contributed by atoms with E-state index in [1.54, 1.807) is 38.5 Å². The molecule has 0 N–H and O–H groups in total. The minimum atomic E-state index is -4.57. The fourth-order valence-corrected chi connectivity index (χ4v) is 11.8. The third-order valence-electron chi connectivity index (χ3n) is 18.0. The van der Waals surface area contributed by atoms with E-state index in [4.69, 9.17) is 28.9 Å². The number of nitrogens with zero attached hydrogens (tertiary/aromatic N) is 6. The number of fused-ring (bicyclic) bond motifs is 1. The van der Waals surface area contributed by atoms with Crippen molar-refractivity contribution in [3.05, 3.63) is 244 Å². The molecule has 0 bridgehead atoms. The molecule has 112 heavy (non-hydrogen) atoms. The molecule has 0 spiro atoms. The van der Waals surface area contributed by atoms with Crippen LogP contribution in [0, 0.1) is 38.9 Å². The number of piperidine rings is 1. The Morgan fingerprint density at radius 3 is 1.62 bits per heavy atom. The first-order valence-electron chi connectivity index (χ1n) is 38.6. The summed E-state index contributed by atoms with van der Waals surface area (Å²) in [5.74, 6) is 3.33. The molecule has 3 aromatic heterocycles. The van der Waals surface area contributed by atoms with Gasteiger partial charge in [0.2, 0.25) is 0 Å². The normalized spacial score (nSPS) is 12.7. The van der Waals surface area contributed by atoms with Crippen LogP contribution in [-0.2, 0) is 64.1 Å².